The van der Waals surface area contributed by atoms with E-state index in [0.29, 0.717) is 5.88 Å². The summed E-state index contributed by atoms with van der Waals surface area (Å²) in [4.78, 5) is 3.88. The molecule has 0 aromatic carbocycles. The summed E-state index contributed by atoms with van der Waals surface area (Å²) >= 11 is 0. The van der Waals surface area contributed by atoms with E-state index in [2.05, 4.69) is 4.98 Å². The zero-order valence-corrected chi connectivity index (χ0v) is 10.4. The molecular formula is C10H16N2O3S. The van der Waals surface area contributed by atoms with E-state index in [1.807, 2.05) is 20.8 Å². The molecule has 2 N–H and O–H groups in total. The van der Waals surface area contributed by atoms with Gasteiger partial charge in [0.2, 0.25) is 15.9 Å². The molecule has 0 amide bonds. The number of sulfonamides is 1. The third-order valence-corrected chi connectivity index (χ3v) is 3.17. The molecule has 0 saturated heterocycles. The van der Waals surface area contributed by atoms with Crippen LogP contribution in [0.1, 0.15) is 27.2 Å². The van der Waals surface area contributed by atoms with Crippen LogP contribution in [0.2, 0.25) is 0 Å². The number of aromatic nitrogens is 1. The zero-order chi connectivity index (χ0) is 12.4. The molecule has 0 fully saturated rings. The van der Waals surface area contributed by atoms with E-state index in [1.165, 1.54) is 18.3 Å². The van der Waals surface area contributed by atoms with Crippen LogP contribution in [0.3, 0.4) is 0 Å². The topological polar surface area (TPSA) is 82.3 Å². The van der Waals surface area contributed by atoms with Gasteiger partial charge in [-0.05, 0) is 26.3 Å². The highest BCUT2D eigenvalue weighted by Gasteiger charge is 2.17. The first kappa shape index (κ1) is 12.9. The van der Waals surface area contributed by atoms with Crippen LogP contribution in [0.5, 0.6) is 5.88 Å². The van der Waals surface area contributed by atoms with Gasteiger partial charge in [0.1, 0.15) is 10.5 Å². The van der Waals surface area contributed by atoms with Crippen LogP contribution in [-0.2, 0) is 10.0 Å². The van der Waals surface area contributed by atoms with E-state index in [4.69, 9.17) is 9.88 Å². The Morgan fingerprint density at radius 1 is 1.44 bits per heavy atom. The van der Waals surface area contributed by atoms with Crippen LogP contribution in [0.4, 0.5) is 0 Å². The lowest BCUT2D eigenvalue weighted by molar-refractivity contribution is 0.0989. The van der Waals surface area contributed by atoms with E-state index in [1.54, 1.807) is 0 Å². The number of pyridine rings is 1. The molecule has 16 heavy (non-hydrogen) atoms. The minimum absolute atomic E-state index is 0.0193. The van der Waals surface area contributed by atoms with Crippen LogP contribution >= 0.6 is 0 Å². The predicted molar refractivity (Wildman–Crippen MR) is 60.6 cm³/mol. The van der Waals surface area contributed by atoms with Crippen molar-refractivity contribution in [1.82, 2.24) is 4.98 Å². The monoisotopic (exact) mass is 244 g/mol. The molecule has 0 saturated carbocycles. The van der Waals surface area contributed by atoms with Crippen molar-refractivity contribution in [1.29, 1.82) is 0 Å². The number of rotatable bonds is 4. The number of hydrogen-bond acceptors (Lipinski definition) is 4. The summed E-state index contributed by atoms with van der Waals surface area (Å²) in [6.45, 7) is 5.86. The maximum atomic E-state index is 11.0. The molecule has 0 radical (unpaired) electrons. The van der Waals surface area contributed by atoms with Crippen LogP contribution in [-0.4, -0.2) is 19.0 Å². The van der Waals surface area contributed by atoms with Crippen molar-refractivity contribution in [3.8, 4) is 5.88 Å². The van der Waals surface area contributed by atoms with E-state index < -0.39 is 10.0 Å². The quantitative estimate of drug-likeness (QED) is 0.865. The molecule has 90 valence electrons. The van der Waals surface area contributed by atoms with Crippen molar-refractivity contribution < 1.29 is 13.2 Å². The minimum atomic E-state index is -3.69. The first-order valence-electron chi connectivity index (χ1n) is 4.92. The molecule has 0 aliphatic rings. The van der Waals surface area contributed by atoms with Gasteiger partial charge >= 0.3 is 0 Å². The highest BCUT2D eigenvalue weighted by molar-refractivity contribution is 7.89. The highest BCUT2D eigenvalue weighted by atomic mass is 32.2. The highest BCUT2D eigenvalue weighted by Crippen LogP contribution is 2.19. The van der Waals surface area contributed by atoms with Crippen molar-refractivity contribution in [2.75, 3.05) is 0 Å². The van der Waals surface area contributed by atoms with Crippen molar-refractivity contribution in [2.24, 2.45) is 5.14 Å². The van der Waals surface area contributed by atoms with Gasteiger partial charge in [-0.25, -0.2) is 18.5 Å². The average molecular weight is 244 g/mol. The minimum Gasteiger partial charge on any atom is -0.472 e. The third-order valence-electron chi connectivity index (χ3n) is 2.27. The fourth-order valence-electron chi connectivity index (χ4n) is 0.951. The number of ether oxygens (including phenoxy) is 1. The van der Waals surface area contributed by atoms with Gasteiger partial charge in [0, 0.05) is 6.07 Å². The average Bonchev–Trinajstić information content (AvgIpc) is 2.16. The summed E-state index contributed by atoms with van der Waals surface area (Å²) in [5.74, 6) is 0.388. The van der Waals surface area contributed by atoms with E-state index >= 15 is 0 Å². The molecule has 1 heterocycles. The van der Waals surface area contributed by atoms with Crippen LogP contribution < -0.4 is 9.88 Å². The Kier molecular flexibility index (Phi) is 3.54. The maximum absolute atomic E-state index is 11.0. The fraction of sp³-hybridized carbons (Fsp3) is 0.500. The van der Waals surface area contributed by atoms with Gasteiger partial charge in [0.05, 0.1) is 6.20 Å². The summed E-state index contributed by atoms with van der Waals surface area (Å²) < 4.78 is 27.5. The van der Waals surface area contributed by atoms with Crippen molar-refractivity contribution in [3.05, 3.63) is 18.3 Å². The van der Waals surface area contributed by atoms with Crippen LogP contribution in [0.25, 0.3) is 0 Å². The number of primary sulfonamides is 1. The van der Waals surface area contributed by atoms with Gasteiger partial charge in [-0.1, -0.05) is 6.92 Å². The van der Waals surface area contributed by atoms with Gasteiger partial charge in [0.15, 0.2) is 0 Å². The SMILES string of the molecule is CCC(C)(C)Oc1ccc(S(N)(=O)=O)cn1. The van der Waals surface area contributed by atoms with E-state index in [0.717, 1.165) is 6.42 Å². The summed E-state index contributed by atoms with van der Waals surface area (Å²) in [5, 5.41) is 4.95. The van der Waals surface area contributed by atoms with Crippen molar-refractivity contribution in [2.45, 2.75) is 37.7 Å². The molecule has 0 unspecified atom stereocenters. The molecule has 0 aliphatic carbocycles. The van der Waals surface area contributed by atoms with Gasteiger partial charge in [-0.2, -0.15) is 0 Å². The summed E-state index contributed by atoms with van der Waals surface area (Å²) in [6, 6.07) is 2.88. The smallest absolute Gasteiger partial charge is 0.239 e. The zero-order valence-electron chi connectivity index (χ0n) is 9.60. The number of hydrogen-bond donors (Lipinski definition) is 1. The Bertz CT molecular complexity index is 451. The van der Waals surface area contributed by atoms with Crippen LogP contribution in [0, 0.1) is 0 Å². The molecule has 6 heteroatoms. The first-order valence-corrected chi connectivity index (χ1v) is 6.47. The van der Waals surface area contributed by atoms with E-state index in [-0.39, 0.29) is 10.5 Å². The second-order valence-electron chi connectivity index (χ2n) is 4.09. The molecule has 0 atom stereocenters. The Labute approximate surface area is 95.7 Å². The Hall–Kier alpha value is -1.14. The fourth-order valence-corrected chi connectivity index (χ4v) is 1.41. The second kappa shape index (κ2) is 4.39. The molecule has 0 spiro atoms. The van der Waals surface area contributed by atoms with E-state index in [9.17, 15) is 8.42 Å². The lowest BCUT2D eigenvalue weighted by Gasteiger charge is -2.23. The van der Waals surface area contributed by atoms with Gasteiger partial charge in [0.25, 0.3) is 0 Å². The molecule has 5 nitrogen and oxygen atoms in total. The third kappa shape index (κ3) is 3.46. The van der Waals surface area contributed by atoms with Crippen molar-refractivity contribution >= 4 is 10.0 Å². The van der Waals surface area contributed by atoms with Crippen LogP contribution in [0.15, 0.2) is 23.2 Å². The standard InChI is InChI=1S/C10H16N2O3S/c1-4-10(2,3)15-9-6-5-8(7-12-9)16(11,13)14/h5-7H,4H2,1-3H3,(H2,11,13,14). The lowest BCUT2D eigenvalue weighted by Crippen LogP contribution is -2.27. The summed E-state index contributed by atoms with van der Waals surface area (Å²) in [5.41, 5.74) is -0.323. The molecule has 1 aromatic heterocycles. The second-order valence-corrected chi connectivity index (χ2v) is 5.65. The first-order chi connectivity index (χ1) is 7.24. The molecule has 1 rings (SSSR count). The molecule has 0 aliphatic heterocycles. The Morgan fingerprint density at radius 2 is 2.06 bits per heavy atom. The predicted octanol–water partition coefficient (Wildman–Crippen LogP) is 1.30. The maximum Gasteiger partial charge on any atom is 0.239 e. The number of nitrogens with two attached hydrogens (primary N) is 1. The van der Waals surface area contributed by atoms with Crippen molar-refractivity contribution in [3.63, 3.8) is 0 Å². The largest absolute Gasteiger partial charge is 0.472 e. The summed E-state index contributed by atoms with van der Waals surface area (Å²) in [6.07, 6.45) is 2.02. The van der Waals surface area contributed by atoms with Gasteiger partial charge in [-0.15, -0.1) is 0 Å². The number of nitrogens with zero attached hydrogens (tertiary/aromatic N) is 1. The Balaban J connectivity index is 2.89. The van der Waals surface area contributed by atoms with Gasteiger partial charge < -0.3 is 4.74 Å². The molecule has 0 bridgehead atoms. The molecule has 1 aromatic rings. The van der Waals surface area contributed by atoms with Gasteiger partial charge in [-0.3, -0.25) is 0 Å². The normalized spacial score (nSPS) is 12.5. The summed E-state index contributed by atoms with van der Waals surface area (Å²) in [7, 11) is -3.69. The molecular weight excluding hydrogens is 228 g/mol. The Morgan fingerprint density at radius 3 is 2.44 bits per heavy atom. The lowest BCUT2D eigenvalue weighted by atomic mass is 10.1.